The van der Waals surface area contributed by atoms with Gasteiger partial charge in [0.1, 0.15) is 0 Å². The summed E-state index contributed by atoms with van der Waals surface area (Å²) >= 11 is 0. The van der Waals surface area contributed by atoms with Crippen LogP contribution in [0.3, 0.4) is 0 Å². The number of hydrogen-bond acceptors (Lipinski definition) is 6. The van der Waals surface area contributed by atoms with Gasteiger partial charge in [-0.25, -0.2) is 0 Å². The van der Waals surface area contributed by atoms with Crippen molar-refractivity contribution in [2.75, 3.05) is 65.1 Å². The summed E-state index contributed by atoms with van der Waals surface area (Å²) in [6.45, 7) is 9.85. The van der Waals surface area contributed by atoms with Crippen LogP contribution >= 0.6 is 0 Å². The molecule has 0 aliphatic carbocycles. The van der Waals surface area contributed by atoms with Crippen molar-refractivity contribution in [3.63, 3.8) is 0 Å². The maximum absolute atomic E-state index is 13.0. The van der Waals surface area contributed by atoms with Crippen molar-refractivity contribution < 1.29 is 19.0 Å². The van der Waals surface area contributed by atoms with E-state index in [-0.39, 0.29) is 11.9 Å². The van der Waals surface area contributed by atoms with E-state index in [0.717, 1.165) is 43.9 Å². The van der Waals surface area contributed by atoms with Crippen LogP contribution in [0, 0.1) is 0 Å². The summed E-state index contributed by atoms with van der Waals surface area (Å²) in [4.78, 5) is 17.7. The normalized spacial score (nSPS) is 14.9. The minimum atomic E-state index is -0.0677. The quantitative estimate of drug-likeness (QED) is 0.504. The second kappa shape index (κ2) is 13.2. The minimum absolute atomic E-state index is 0.0107. The molecule has 3 rings (SSSR count). The lowest BCUT2D eigenvalue weighted by molar-refractivity contribution is 0.0162. The van der Waals surface area contributed by atoms with Gasteiger partial charge in [-0.1, -0.05) is 19.4 Å². The number of rotatable bonds is 12. The summed E-state index contributed by atoms with van der Waals surface area (Å²) in [5.41, 5.74) is 2.90. The summed E-state index contributed by atoms with van der Waals surface area (Å²) in [5.74, 6) is 1.31. The van der Waals surface area contributed by atoms with Gasteiger partial charge in [0, 0.05) is 44.0 Å². The number of amides is 1. The van der Waals surface area contributed by atoms with E-state index in [0.29, 0.717) is 36.8 Å². The highest BCUT2D eigenvalue weighted by Crippen LogP contribution is 2.32. The maximum Gasteiger partial charge on any atom is 0.251 e. The second-order valence-corrected chi connectivity index (χ2v) is 8.47. The SMILES string of the molecule is CCCCN(CC)c1ccc(C(=O)NCC(c2ccc(OC)c(OC)c2)N2CCOCC2)cc1. The first-order chi connectivity index (χ1) is 16.6. The van der Waals surface area contributed by atoms with Crippen LogP contribution in [0.15, 0.2) is 42.5 Å². The summed E-state index contributed by atoms with van der Waals surface area (Å²) in [5, 5.41) is 3.15. The first-order valence-corrected chi connectivity index (χ1v) is 12.3. The molecule has 0 spiro atoms. The number of benzene rings is 2. The Morgan fingerprint density at radius 3 is 2.38 bits per heavy atom. The molecule has 186 valence electrons. The smallest absolute Gasteiger partial charge is 0.251 e. The number of carbonyl (C=O) groups excluding carboxylic acids is 1. The van der Waals surface area contributed by atoms with E-state index in [1.54, 1.807) is 14.2 Å². The molecule has 0 aromatic heterocycles. The first-order valence-electron chi connectivity index (χ1n) is 12.3. The number of morpholine rings is 1. The number of unbranched alkanes of at least 4 members (excludes halogenated alkanes) is 1. The third kappa shape index (κ3) is 6.64. The molecule has 1 aliphatic heterocycles. The highest BCUT2D eigenvalue weighted by Gasteiger charge is 2.24. The molecule has 1 amide bonds. The molecule has 1 atom stereocenters. The predicted octanol–water partition coefficient (Wildman–Crippen LogP) is 4.13. The van der Waals surface area contributed by atoms with Gasteiger partial charge in [-0.2, -0.15) is 0 Å². The molecule has 7 nitrogen and oxygen atoms in total. The Balaban J connectivity index is 1.71. The van der Waals surface area contributed by atoms with Gasteiger partial charge in [-0.05, 0) is 55.3 Å². The van der Waals surface area contributed by atoms with Gasteiger partial charge in [-0.3, -0.25) is 9.69 Å². The molecule has 1 saturated heterocycles. The molecule has 7 heteroatoms. The van der Waals surface area contributed by atoms with Crippen LogP contribution in [0.25, 0.3) is 0 Å². The lowest BCUT2D eigenvalue weighted by atomic mass is 10.0. The molecule has 1 aliphatic rings. The van der Waals surface area contributed by atoms with Crippen LogP contribution in [0.4, 0.5) is 5.69 Å². The predicted molar refractivity (Wildman–Crippen MR) is 136 cm³/mol. The average Bonchev–Trinajstić information content (AvgIpc) is 2.90. The van der Waals surface area contributed by atoms with Gasteiger partial charge in [0.15, 0.2) is 11.5 Å². The average molecular weight is 470 g/mol. The Morgan fingerprint density at radius 1 is 1.06 bits per heavy atom. The van der Waals surface area contributed by atoms with Crippen molar-refractivity contribution in [3.8, 4) is 11.5 Å². The van der Waals surface area contributed by atoms with Gasteiger partial charge in [0.05, 0.1) is 33.5 Å². The number of nitrogens with one attached hydrogen (secondary N) is 1. The van der Waals surface area contributed by atoms with Crippen molar-refractivity contribution in [1.82, 2.24) is 10.2 Å². The highest BCUT2D eigenvalue weighted by molar-refractivity contribution is 5.94. The number of nitrogens with zero attached hydrogens (tertiary/aromatic N) is 2. The molecule has 2 aromatic carbocycles. The van der Waals surface area contributed by atoms with Crippen molar-refractivity contribution in [1.29, 1.82) is 0 Å². The molecule has 0 saturated carbocycles. The Labute approximate surface area is 204 Å². The van der Waals surface area contributed by atoms with Crippen LogP contribution in [-0.4, -0.2) is 71.0 Å². The Hall–Kier alpha value is -2.77. The molecule has 0 bridgehead atoms. The van der Waals surface area contributed by atoms with E-state index in [4.69, 9.17) is 14.2 Å². The topological polar surface area (TPSA) is 63.3 Å². The third-order valence-corrected chi connectivity index (χ3v) is 6.39. The van der Waals surface area contributed by atoms with Crippen LogP contribution in [0.1, 0.15) is 48.7 Å². The van der Waals surface area contributed by atoms with Gasteiger partial charge in [-0.15, -0.1) is 0 Å². The van der Waals surface area contributed by atoms with E-state index in [9.17, 15) is 4.79 Å². The van der Waals surface area contributed by atoms with Crippen molar-refractivity contribution >= 4 is 11.6 Å². The van der Waals surface area contributed by atoms with E-state index in [1.165, 1.54) is 6.42 Å². The fourth-order valence-electron chi connectivity index (χ4n) is 4.34. The van der Waals surface area contributed by atoms with E-state index >= 15 is 0 Å². The fraction of sp³-hybridized carbons (Fsp3) is 0.519. The number of methoxy groups -OCH3 is 2. The molecule has 1 heterocycles. The van der Waals surface area contributed by atoms with Crippen LogP contribution in [0.2, 0.25) is 0 Å². The zero-order valence-electron chi connectivity index (χ0n) is 21.0. The summed E-state index contributed by atoms with van der Waals surface area (Å²) in [6, 6.07) is 13.9. The first kappa shape index (κ1) is 25.8. The molecule has 0 radical (unpaired) electrons. The number of anilines is 1. The molecular formula is C27H39N3O4. The van der Waals surface area contributed by atoms with E-state index in [1.807, 2.05) is 42.5 Å². The molecule has 34 heavy (non-hydrogen) atoms. The molecule has 1 fully saturated rings. The van der Waals surface area contributed by atoms with Gasteiger partial charge >= 0.3 is 0 Å². The number of ether oxygens (including phenoxy) is 3. The number of hydrogen-bond donors (Lipinski definition) is 1. The largest absolute Gasteiger partial charge is 0.493 e. The van der Waals surface area contributed by atoms with Crippen LogP contribution in [0.5, 0.6) is 11.5 Å². The summed E-state index contributed by atoms with van der Waals surface area (Å²) in [6.07, 6.45) is 2.33. The third-order valence-electron chi connectivity index (χ3n) is 6.39. The zero-order chi connectivity index (χ0) is 24.3. The fourth-order valence-corrected chi connectivity index (χ4v) is 4.34. The van der Waals surface area contributed by atoms with Gasteiger partial charge in [0.2, 0.25) is 0 Å². The Bertz CT molecular complexity index is 897. The zero-order valence-corrected chi connectivity index (χ0v) is 21.0. The monoisotopic (exact) mass is 469 g/mol. The summed E-state index contributed by atoms with van der Waals surface area (Å²) < 4.78 is 16.5. The van der Waals surface area contributed by atoms with Crippen molar-refractivity contribution in [2.24, 2.45) is 0 Å². The molecular weight excluding hydrogens is 430 g/mol. The second-order valence-electron chi connectivity index (χ2n) is 8.47. The van der Waals surface area contributed by atoms with Crippen LogP contribution in [-0.2, 0) is 4.74 Å². The summed E-state index contributed by atoms with van der Waals surface area (Å²) in [7, 11) is 3.27. The highest BCUT2D eigenvalue weighted by atomic mass is 16.5. The van der Waals surface area contributed by atoms with E-state index < -0.39 is 0 Å². The van der Waals surface area contributed by atoms with Gasteiger partial charge < -0.3 is 24.4 Å². The lowest BCUT2D eigenvalue weighted by Gasteiger charge is -2.35. The number of carbonyl (C=O) groups is 1. The minimum Gasteiger partial charge on any atom is -0.493 e. The van der Waals surface area contributed by atoms with Crippen molar-refractivity contribution in [2.45, 2.75) is 32.7 Å². The van der Waals surface area contributed by atoms with Crippen molar-refractivity contribution in [3.05, 3.63) is 53.6 Å². The molecule has 2 aromatic rings. The standard InChI is InChI=1S/C27H39N3O4/c1-5-7-14-29(6-2)23-11-8-21(9-12-23)27(31)28-20-24(30-15-17-34-18-16-30)22-10-13-25(32-3)26(19-22)33-4/h8-13,19,24H,5-7,14-18,20H2,1-4H3,(H,28,31). The Kier molecular flexibility index (Phi) is 10.0. The Morgan fingerprint density at radius 2 is 1.76 bits per heavy atom. The molecule has 1 unspecified atom stereocenters. The van der Waals surface area contributed by atoms with E-state index in [2.05, 4.69) is 29.0 Å². The maximum atomic E-state index is 13.0. The molecule has 1 N–H and O–H groups in total. The van der Waals surface area contributed by atoms with Crippen LogP contribution < -0.4 is 19.7 Å². The lowest BCUT2D eigenvalue weighted by Crippen LogP contribution is -2.43. The van der Waals surface area contributed by atoms with Gasteiger partial charge in [0.25, 0.3) is 5.91 Å².